The largest absolute Gasteiger partial charge is 0.371 e. The minimum Gasteiger partial charge on any atom is -0.371 e. The van der Waals surface area contributed by atoms with E-state index in [4.69, 9.17) is 11.6 Å². The average Bonchev–Trinajstić information content (AvgIpc) is 2.54. The Balaban J connectivity index is 2.04. The summed E-state index contributed by atoms with van der Waals surface area (Å²) in [7, 11) is 0. The zero-order valence-electron chi connectivity index (χ0n) is 12.5. The summed E-state index contributed by atoms with van der Waals surface area (Å²) in [6, 6.07) is 11.8. The maximum Gasteiger partial charge on any atom is 0.293 e. The fourth-order valence-electron chi connectivity index (χ4n) is 2.13. The van der Waals surface area contributed by atoms with E-state index in [1.165, 1.54) is 18.2 Å². The summed E-state index contributed by atoms with van der Waals surface area (Å²) in [6.45, 7) is 1.92. The molecule has 1 amide bonds. The van der Waals surface area contributed by atoms with Gasteiger partial charge in [-0.05, 0) is 30.2 Å². The predicted octanol–water partition coefficient (Wildman–Crippen LogP) is 3.86. The maximum absolute atomic E-state index is 12.0. The van der Waals surface area contributed by atoms with Crippen molar-refractivity contribution in [3.05, 3.63) is 63.2 Å². The predicted molar refractivity (Wildman–Crippen MR) is 91.0 cm³/mol. The van der Waals surface area contributed by atoms with Crippen LogP contribution in [0.15, 0.2) is 42.5 Å². The number of rotatable bonds is 6. The third-order valence-corrected chi connectivity index (χ3v) is 3.50. The Labute approximate surface area is 138 Å². The van der Waals surface area contributed by atoms with Crippen LogP contribution in [0.5, 0.6) is 0 Å². The number of hydrogen-bond donors (Lipinski definition) is 2. The molecule has 0 radical (unpaired) electrons. The number of benzene rings is 2. The van der Waals surface area contributed by atoms with Gasteiger partial charge in [0.2, 0.25) is 5.91 Å². The molecular weight excluding hydrogens is 318 g/mol. The van der Waals surface area contributed by atoms with Gasteiger partial charge in [0.25, 0.3) is 5.69 Å². The van der Waals surface area contributed by atoms with Gasteiger partial charge in [-0.15, -0.1) is 0 Å². The first-order chi connectivity index (χ1) is 11.0. The lowest BCUT2D eigenvalue weighted by Crippen LogP contribution is -2.22. The molecule has 6 nitrogen and oxygen atoms in total. The van der Waals surface area contributed by atoms with E-state index >= 15 is 0 Å². The van der Waals surface area contributed by atoms with Gasteiger partial charge in [-0.1, -0.05) is 36.7 Å². The lowest BCUT2D eigenvalue weighted by atomic mass is 10.1. The summed E-state index contributed by atoms with van der Waals surface area (Å²) in [5, 5.41) is 16.8. The van der Waals surface area contributed by atoms with E-state index in [1.54, 1.807) is 0 Å². The monoisotopic (exact) mass is 333 g/mol. The van der Waals surface area contributed by atoms with Crippen molar-refractivity contribution in [2.24, 2.45) is 0 Å². The van der Waals surface area contributed by atoms with Crippen molar-refractivity contribution in [1.82, 2.24) is 0 Å². The molecule has 0 bridgehead atoms. The van der Waals surface area contributed by atoms with Crippen molar-refractivity contribution in [3.8, 4) is 0 Å². The minimum atomic E-state index is -0.543. The number of carbonyl (C=O) groups excluding carboxylic acids is 1. The molecule has 2 N–H and O–H groups in total. The molecule has 0 heterocycles. The van der Waals surface area contributed by atoms with Gasteiger partial charge in [0.05, 0.1) is 11.5 Å². The number of nitrogens with one attached hydrogen (secondary N) is 2. The number of nitro groups is 1. The molecule has 120 valence electrons. The number of hydrogen-bond acceptors (Lipinski definition) is 4. The Bertz CT molecular complexity index is 734. The Kier molecular flexibility index (Phi) is 5.54. The molecule has 0 aromatic heterocycles. The summed E-state index contributed by atoms with van der Waals surface area (Å²) in [6.07, 6.45) is 0.798. The second-order valence-corrected chi connectivity index (χ2v) is 5.27. The van der Waals surface area contributed by atoms with Crippen LogP contribution in [-0.2, 0) is 11.2 Å². The summed E-state index contributed by atoms with van der Waals surface area (Å²) in [5.74, 6) is -0.282. The molecule has 2 rings (SSSR count). The number of amides is 1. The van der Waals surface area contributed by atoms with Gasteiger partial charge in [-0.2, -0.15) is 0 Å². The molecule has 0 unspecified atom stereocenters. The molecule has 0 aliphatic heterocycles. The van der Waals surface area contributed by atoms with E-state index < -0.39 is 4.92 Å². The van der Waals surface area contributed by atoms with Crippen LogP contribution in [0.2, 0.25) is 5.02 Å². The van der Waals surface area contributed by atoms with E-state index in [-0.39, 0.29) is 28.8 Å². The zero-order chi connectivity index (χ0) is 16.8. The number of nitrogens with zero attached hydrogens (tertiary/aromatic N) is 1. The molecule has 0 spiro atoms. The lowest BCUT2D eigenvalue weighted by Gasteiger charge is -2.11. The molecule has 0 saturated heterocycles. The molecule has 0 saturated carbocycles. The fraction of sp³-hybridized carbons (Fsp3) is 0.188. The Morgan fingerprint density at radius 3 is 2.65 bits per heavy atom. The highest BCUT2D eigenvalue weighted by molar-refractivity contribution is 6.30. The van der Waals surface area contributed by atoms with Crippen molar-refractivity contribution < 1.29 is 9.72 Å². The fourth-order valence-corrected chi connectivity index (χ4v) is 2.29. The summed E-state index contributed by atoms with van der Waals surface area (Å²) in [4.78, 5) is 22.5. The minimum absolute atomic E-state index is 0.0828. The van der Waals surface area contributed by atoms with Crippen LogP contribution < -0.4 is 10.6 Å². The number of nitro benzene ring substituents is 1. The number of anilines is 2. The van der Waals surface area contributed by atoms with Crippen LogP contribution >= 0.6 is 11.6 Å². The molecule has 23 heavy (non-hydrogen) atoms. The second kappa shape index (κ2) is 7.60. The van der Waals surface area contributed by atoms with Crippen molar-refractivity contribution in [3.63, 3.8) is 0 Å². The quantitative estimate of drug-likeness (QED) is 0.621. The number of halogens is 1. The topological polar surface area (TPSA) is 84.3 Å². The van der Waals surface area contributed by atoms with Crippen LogP contribution in [0, 0.1) is 10.1 Å². The van der Waals surface area contributed by atoms with Crippen molar-refractivity contribution in [2.45, 2.75) is 13.3 Å². The van der Waals surface area contributed by atoms with Crippen LogP contribution in [0.3, 0.4) is 0 Å². The van der Waals surface area contributed by atoms with Crippen LogP contribution in [0.4, 0.5) is 17.1 Å². The zero-order valence-corrected chi connectivity index (χ0v) is 13.3. The molecule has 0 atom stereocenters. The van der Waals surface area contributed by atoms with Gasteiger partial charge in [0, 0.05) is 16.8 Å². The van der Waals surface area contributed by atoms with Crippen molar-refractivity contribution in [1.29, 1.82) is 0 Å². The first kappa shape index (κ1) is 16.8. The smallest absolute Gasteiger partial charge is 0.293 e. The summed E-state index contributed by atoms with van der Waals surface area (Å²) < 4.78 is 0. The highest BCUT2D eigenvalue weighted by Crippen LogP contribution is 2.27. The number of carbonyl (C=O) groups is 1. The van der Waals surface area contributed by atoms with Gasteiger partial charge in [-0.3, -0.25) is 14.9 Å². The first-order valence-corrected chi connectivity index (χ1v) is 7.44. The third kappa shape index (κ3) is 4.43. The van der Waals surface area contributed by atoms with Gasteiger partial charge in [-0.25, -0.2) is 0 Å². The molecule has 2 aromatic carbocycles. The number of para-hydroxylation sites is 1. The van der Waals surface area contributed by atoms with Crippen LogP contribution in [-0.4, -0.2) is 17.4 Å². The maximum atomic E-state index is 12.0. The summed E-state index contributed by atoms with van der Waals surface area (Å²) in [5.41, 5.74) is 1.85. The standard InChI is InChI=1S/C16H16ClN3O3/c1-2-11-5-3-4-6-13(11)19-16(21)10-18-14-8-7-12(17)9-15(14)20(22)23/h3-9,18H,2,10H2,1H3,(H,19,21). The van der Waals surface area contributed by atoms with Gasteiger partial charge >= 0.3 is 0 Å². The van der Waals surface area contributed by atoms with Crippen LogP contribution in [0.25, 0.3) is 0 Å². The Hall–Kier alpha value is -2.60. The first-order valence-electron chi connectivity index (χ1n) is 7.07. The van der Waals surface area contributed by atoms with E-state index in [0.29, 0.717) is 0 Å². The average molecular weight is 334 g/mol. The molecular formula is C16H16ClN3O3. The van der Waals surface area contributed by atoms with Crippen LogP contribution in [0.1, 0.15) is 12.5 Å². The van der Waals surface area contributed by atoms with E-state index in [2.05, 4.69) is 10.6 Å². The third-order valence-electron chi connectivity index (χ3n) is 3.27. The molecule has 7 heteroatoms. The highest BCUT2D eigenvalue weighted by atomic mass is 35.5. The SMILES string of the molecule is CCc1ccccc1NC(=O)CNc1ccc(Cl)cc1[N+](=O)[O-]. The van der Waals surface area contributed by atoms with Gasteiger partial charge < -0.3 is 10.6 Å². The van der Waals surface area contributed by atoms with Crippen molar-refractivity contribution in [2.75, 3.05) is 17.2 Å². The Morgan fingerprint density at radius 1 is 1.22 bits per heavy atom. The molecule has 2 aromatic rings. The Morgan fingerprint density at radius 2 is 1.96 bits per heavy atom. The summed E-state index contributed by atoms with van der Waals surface area (Å²) >= 11 is 5.75. The van der Waals surface area contributed by atoms with E-state index in [0.717, 1.165) is 17.7 Å². The van der Waals surface area contributed by atoms with Gasteiger partial charge in [0.15, 0.2) is 0 Å². The molecule has 0 fully saturated rings. The van der Waals surface area contributed by atoms with Gasteiger partial charge in [0.1, 0.15) is 5.69 Å². The second-order valence-electron chi connectivity index (χ2n) is 4.83. The normalized spacial score (nSPS) is 10.2. The highest BCUT2D eigenvalue weighted by Gasteiger charge is 2.15. The molecule has 0 aliphatic carbocycles. The van der Waals surface area contributed by atoms with E-state index in [1.807, 2.05) is 31.2 Å². The molecule has 0 aliphatic rings. The van der Waals surface area contributed by atoms with Crippen molar-refractivity contribution >= 4 is 34.6 Å². The van der Waals surface area contributed by atoms with E-state index in [9.17, 15) is 14.9 Å². The number of aryl methyl sites for hydroxylation is 1. The lowest BCUT2D eigenvalue weighted by molar-refractivity contribution is -0.383.